The van der Waals surface area contributed by atoms with Crippen molar-refractivity contribution < 1.29 is 14.6 Å². The minimum atomic E-state index is -0.966. The number of benzene rings is 3. The van der Waals surface area contributed by atoms with Crippen LogP contribution in [0.5, 0.6) is 5.75 Å². The summed E-state index contributed by atoms with van der Waals surface area (Å²) in [5.74, 6) is -0.336. The average Bonchev–Trinajstić information content (AvgIpc) is 3.24. The molecule has 0 radical (unpaired) electrons. The van der Waals surface area contributed by atoms with Crippen molar-refractivity contribution in [2.45, 2.75) is 0 Å². The van der Waals surface area contributed by atoms with Gasteiger partial charge in [0.25, 0.3) is 0 Å². The third-order valence-electron chi connectivity index (χ3n) is 4.44. The summed E-state index contributed by atoms with van der Waals surface area (Å²) in [6.07, 6.45) is 0. The van der Waals surface area contributed by atoms with Crippen LogP contribution in [0.25, 0.3) is 33.0 Å². The molecule has 138 valence electrons. The predicted molar refractivity (Wildman–Crippen MR) is 112 cm³/mol. The highest BCUT2D eigenvalue weighted by atomic mass is 32.1. The maximum absolute atomic E-state index is 11.4. The highest BCUT2D eigenvalue weighted by molar-refractivity contribution is 7.13. The molecule has 4 aromatic rings. The summed E-state index contributed by atoms with van der Waals surface area (Å²) in [5.41, 5.74) is 4.79. The summed E-state index contributed by atoms with van der Waals surface area (Å²) in [7, 11) is 1.58. The number of ether oxygens (including phenoxy) is 1. The van der Waals surface area contributed by atoms with Gasteiger partial charge in [-0.15, -0.1) is 11.3 Å². The Labute approximate surface area is 166 Å². The summed E-state index contributed by atoms with van der Waals surface area (Å²) in [4.78, 5) is 16.1. The van der Waals surface area contributed by atoms with Gasteiger partial charge < -0.3 is 9.84 Å². The summed E-state index contributed by atoms with van der Waals surface area (Å²) < 4.78 is 5.44. The van der Waals surface area contributed by atoms with E-state index in [2.05, 4.69) is 0 Å². The molecule has 0 aliphatic carbocycles. The van der Waals surface area contributed by atoms with Crippen molar-refractivity contribution >= 4 is 17.3 Å². The summed E-state index contributed by atoms with van der Waals surface area (Å²) in [6, 6.07) is 22.8. The maximum Gasteiger partial charge on any atom is 0.335 e. The zero-order chi connectivity index (χ0) is 19.5. The van der Waals surface area contributed by atoms with Gasteiger partial charge >= 0.3 is 5.97 Å². The van der Waals surface area contributed by atoms with Crippen LogP contribution in [0.3, 0.4) is 0 Å². The monoisotopic (exact) mass is 387 g/mol. The SMILES string of the molecule is COc1ccc(C(=O)O)cc1-c1cccc(-c2csc(-c3ccccc3)n2)c1. The maximum atomic E-state index is 11.4. The van der Waals surface area contributed by atoms with Crippen molar-refractivity contribution in [2.24, 2.45) is 0 Å². The van der Waals surface area contributed by atoms with Crippen LogP contribution in [0.15, 0.2) is 78.2 Å². The number of rotatable bonds is 5. The fourth-order valence-corrected chi connectivity index (χ4v) is 3.87. The van der Waals surface area contributed by atoms with E-state index in [4.69, 9.17) is 9.72 Å². The number of carboxylic acid groups (broad SMARTS) is 1. The minimum absolute atomic E-state index is 0.223. The molecule has 1 heterocycles. The predicted octanol–water partition coefficient (Wildman–Crippen LogP) is 5.85. The van der Waals surface area contributed by atoms with Gasteiger partial charge in [0.05, 0.1) is 18.4 Å². The molecule has 28 heavy (non-hydrogen) atoms. The van der Waals surface area contributed by atoms with Crippen LogP contribution in [-0.2, 0) is 0 Å². The molecule has 0 unspecified atom stereocenters. The molecule has 0 bridgehead atoms. The van der Waals surface area contributed by atoms with Crippen molar-refractivity contribution in [3.05, 3.63) is 83.7 Å². The molecule has 1 N–H and O–H groups in total. The van der Waals surface area contributed by atoms with E-state index in [1.165, 1.54) is 0 Å². The number of hydrogen-bond donors (Lipinski definition) is 1. The molecule has 0 amide bonds. The van der Waals surface area contributed by atoms with Crippen molar-refractivity contribution in [1.29, 1.82) is 0 Å². The number of carboxylic acids is 1. The van der Waals surface area contributed by atoms with Crippen LogP contribution in [0.4, 0.5) is 0 Å². The molecular weight excluding hydrogens is 370 g/mol. The van der Waals surface area contributed by atoms with E-state index in [0.717, 1.165) is 33.0 Å². The summed E-state index contributed by atoms with van der Waals surface area (Å²) in [6.45, 7) is 0. The topological polar surface area (TPSA) is 59.4 Å². The second-order valence-corrected chi connectivity index (χ2v) is 7.06. The lowest BCUT2D eigenvalue weighted by Gasteiger charge is -2.10. The molecule has 1 aromatic heterocycles. The number of thiazole rings is 1. The number of nitrogens with zero attached hydrogens (tertiary/aromatic N) is 1. The standard InChI is InChI=1S/C23H17NO3S/c1-27-21-11-10-18(23(25)26)13-19(21)16-8-5-9-17(12-16)20-14-28-22(24-20)15-6-3-2-4-7-15/h2-14H,1H3,(H,25,26). The van der Waals surface area contributed by atoms with Crippen LogP contribution >= 0.6 is 11.3 Å². The lowest BCUT2D eigenvalue weighted by molar-refractivity contribution is 0.0697. The first kappa shape index (κ1) is 17.9. The zero-order valence-electron chi connectivity index (χ0n) is 15.1. The quantitative estimate of drug-likeness (QED) is 0.467. The molecule has 0 saturated carbocycles. The van der Waals surface area contributed by atoms with Gasteiger partial charge in [-0.2, -0.15) is 0 Å². The molecule has 0 fully saturated rings. The Morgan fingerprint density at radius 3 is 2.43 bits per heavy atom. The number of hydrogen-bond acceptors (Lipinski definition) is 4. The summed E-state index contributed by atoms with van der Waals surface area (Å²) in [5, 5.41) is 12.3. The fourth-order valence-electron chi connectivity index (χ4n) is 3.03. The molecule has 5 heteroatoms. The Kier molecular flexibility index (Phi) is 4.91. The van der Waals surface area contributed by atoms with Crippen molar-refractivity contribution in [3.63, 3.8) is 0 Å². The van der Waals surface area contributed by atoms with Gasteiger partial charge in [0.1, 0.15) is 10.8 Å². The lowest BCUT2D eigenvalue weighted by atomic mass is 9.99. The van der Waals surface area contributed by atoms with E-state index < -0.39 is 5.97 Å². The molecule has 0 aliphatic rings. The van der Waals surface area contributed by atoms with E-state index in [0.29, 0.717) is 5.75 Å². The van der Waals surface area contributed by atoms with Gasteiger partial charge in [-0.3, -0.25) is 0 Å². The van der Waals surface area contributed by atoms with Crippen LogP contribution in [-0.4, -0.2) is 23.2 Å². The van der Waals surface area contributed by atoms with Gasteiger partial charge in [-0.1, -0.05) is 48.5 Å². The number of aromatic nitrogens is 1. The number of carbonyl (C=O) groups is 1. The van der Waals surface area contributed by atoms with E-state index in [9.17, 15) is 9.90 Å². The third kappa shape index (κ3) is 3.52. The Balaban J connectivity index is 1.74. The van der Waals surface area contributed by atoms with Crippen LogP contribution in [0, 0.1) is 0 Å². The van der Waals surface area contributed by atoms with Gasteiger partial charge in [0.2, 0.25) is 0 Å². The molecule has 4 rings (SSSR count). The van der Waals surface area contributed by atoms with E-state index in [1.807, 2.05) is 60.0 Å². The van der Waals surface area contributed by atoms with Crippen molar-refractivity contribution in [2.75, 3.05) is 7.11 Å². The third-order valence-corrected chi connectivity index (χ3v) is 5.33. The van der Waals surface area contributed by atoms with E-state index in [1.54, 1.807) is 36.6 Å². The fraction of sp³-hybridized carbons (Fsp3) is 0.0435. The normalized spacial score (nSPS) is 10.6. The van der Waals surface area contributed by atoms with Crippen LogP contribution < -0.4 is 4.74 Å². The summed E-state index contributed by atoms with van der Waals surface area (Å²) >= 11 is 1.60. The molecule has 0 spiro atoms. The van der Waals surface area contributed by atoms with Crippen LogP contribution in [0.2, 0.25) is 0 Å². The molecule has 0 atom stereocenters. The van der Waals surface area contributed by atoms with Crippen LogP contribution in [0.1, 0.15) is 10.4 Å². The molecule has 4 nitrogen and oxygen atoms in total. The number of methoxy groups -OCH3 is 1. The zero-order valence-corrected chi connectivity index (χ0v) is 15.9. The van der Waals surface area contributed by atoms with Gasteiger partial charge in [0, 0.05) is 22.1 Å². The first-order valence-corrected chi connectivity index (χ1v) is 9.57. The van der Waals surface area contributed by atoms with E-state index in [-0.39, 0.29) is 5.56 Å². The Hall–Kier alpha value is -3.44. The average molecular weight is 387 g/mol. The Bertz CT molecular complexity index is 1140. The van der Waals surface area contributed by atoms with Gasteiger partial charge in [0.15, 0.2) is 0 Å². The Morgan fingerprint density at radius 1 is 0.929 bits per heavy atom. The lowest BCUT2D eigenvalue weighted by Crippen LogP contribution is -1.98. The molecule has 0 saturated heterocycles. The second-order valence-electron chi connectivity index (χ2n) is 6.20. The van der Waals surface area contributed by atoms with Crippen molar-refractivity contribution in [1.82, 2.24) is 4.98 Å². The number of aromatic carboxylic acids is 1. The minimum Gasteiger partial charge on any atom is -0.496 e. The van der Waals surface area contributed by atoms with Gasteiger partial charge in [-0.25, -0.2) is 9.78 Å². The largest absolute Gasteiger partial charge is 0.496 e. The smallest absolute Gasteiger partial charge is 0.335 e. The van der Waals surface area contributed by atoms with Crippen molar-refractivity contribution in [3.8, 4) is 38.7 Å². The van der Waals surface area contributed by atoms with E-state index >= 15 is 0 Å². The Morgan fingerprint density at radius 2 is 1.68 bits per heavy atom. The highest BCUT2D eigenvalue weighted by Gasteiger charge is 2.13. The first-order chi connectivity index (χ1) is 13.7. The van der Waals surface area contributed by atoms with Gasteiger partial charge in [-0.05, 0) is 29.8 Å². The second kappa shape index (κ2) is 7.66. The molecule has 0 aliphatic heterocycles. The highest BCUT2D eigenvalue weighted by Crippen LogP contribution is 2.35. The molecule has 3 aromatic carbocycles. The molecular formula is C23H17NO3S. The first-order valence-electron chi connectivity index (χ1n) is 8.69.